The summed E-state index contributed by atoms with van der Waals surface area (Å²) in [5, 5.41) is 3.67. The number of nitrogens with one attached hydrogen (secondary N) is 1. The molecule has 4 heteroatoms. The van der Waals surface area contributed by atoms with Gasteiger partial charge in [0.05, 0.1) is 0 Å². The van der Waals surface area contributed by atoms with Crippen molar-refractivity contribution in [2.45, 2.75) is 69.4 Å². The Hall–Kier alpha value is -0.900. The normalized spacial score (nSPS) is 32.2. The molecule has 2 aliphatic heterocycles. The fraction of sp³-hybridized carbons (Fsp3) is 0.857. The summed E-state index contributed by atoms with van der Waals surface area (Å²) >= 11 is 0. The van der Waals surface area contributed by atoms with E-state index in [0.717, 1.165) is 19.4 Å². The van der Waals surface area contributed by atoms with Crippen LogP contribution in [0.15, 0.2) is 0 Å². The summed E-state index contributed by atoms with van der Waals surface area (Å²) < 4.78 is 0. The van der Waals surface area contributed by atoms with Gasteiger partial charge in [-0.2, -0.15) is 0 Å². The predicted octanol–water partition coefficient (Wildman–Crippen LogP) is 1.59. The molecular formula is C14H22N2O2. The fourth-order valence-electron chi connectivity index (χ4n) is 3.96. The molecule has 1 saturated carbocycles. The van der Waals surface area contributed by atoms with Crippen LogP contribution in [0.5, 0.6) is 0 Å². The van der Waals surface area contributed by atoms with Crippen LogP contribution >= 0.6 is 0 Å². The summed E-state index contributed by atoms with van der Waals surface area (Å²) in [6.45, 7) is 0.946. The van der Waals surface area contributed by atoms with Crippen molar-refractivity contribution >= 4 is 11.8 Å². The van der Waals surface area contributed by atoms with Gasteiger partial charge in [0, 0.05) is 24.4 Å². The molecular weight excluding hydrogens is 228 g/mol. The second-order valence-corrected chi connectivity index (χ2v) is 6.07. The molecule has 3 rings (SSSR count). The van der Waals surface area contributed by atoms with Gasteiger partial charge in [-0.1, -0.05) is 19.3 Å². The number of hydrogen-bond acceptors (Lipinski definition) is 3. The van der Waals surface area contributed by atoms with Gasteiger partial charge in [0.1, 0.15) is 0 Å². The van der Waals surface area contributed by atoms with E-state index in [9.17, 15) is 9.59 Å². The van der Waals surface area contributed by atoms with Crippen molar-refractivity contribution < 1.29 is 9.59 Å². The Balaban J connectivity index is 1.73. The minimum Gasteiger partial charge on any atom is -0.311 e. The highest BCUT2D eigenvalue weighted by Gasteiger charge is 2.43. The lowest BCUT2D eigenvalue weighted by atomic mass is 9.74. The van der Waals surface area contributed by atoms with Crippen molar-refractivity contribution in [2.75, 3.05) is 6.54 Å². The number of imide groups is 1. The van der Waals surface area contributed by atoms with Gasteiger partial charge in [-0.25, -0.2) is 0 Å². The van der Waals surface area contributed by atoms with Crippen LogP contribution in [-0.2, 0) is 9.59 Å². The number of carbonyl (C=O) groups excluding carboxylic acids is 2. The van der Waals surface area contributed by atoms with Crippen molar-refractivity contribution in [3.05, 3.63) is 0 Å². The van der Waals surface area contributed by atoms with Crippen LogP contribution in [0.2, 0.25) is 0 Å². The molecule has 0 radical (unpaired) electrons. The molecule has 1 atom stereocenters. The lowest BCUT2D eigenvalue weighted by Gasteiger charge is -2.46. The molecule has 0 aromatic carbocycles. The minimum absolute atomic E-state index is 0.0536. The predicted molar refractivity (Wildman–Crippen MR) is 67.9 cm³/mol. The Kier molecular flexibility index (Phi) is 3.14. The fourth-order valence-corrected chi connectivity index (χ4v) is 3.96. The first-order valence-corrected chi connectivity index (χ1v) is 7.30. The van der Waals surface area contributed by atoms with Gasteiger partial charge in [0.15, 0.2) is 0 Å². The number of hydrogen-bond donors (Lipinski definition) is 1. The van der Waals surface area contributed by atoms with Crippen LogP contribution in [-0.4, -0.2) is 34.8 Å². The van der Waals surface area contributed by atoms with E-state index in [1.54, 1.807) is 4.90 Å². The summed E-state index contributed by atoms with van der Waals surface area (Å²) in [5.41, 5.74) is 0.213. The third-order valence-corrected chi connectivity index (χ3v) is 4.87. The number of nitrogens with zero attached hydrogens (tertiary/aromatic N) is 1. The molecule has 1 aliphatic carbocycles. The molecule has 0 bridgehead atoms. The maximum absolute atomic E-state index is 11.8. The second-order valence-electron chi connectivity index (χ2n) is 6.07. The van der Waals surface area contributed by atoms with E-state index in [0.29, 0.717) is 12.8 Å². The largest absolute Gasteiger partial charge is 0.311 e. The smallest absolute Gasteiger partial charge is 0.229 e. The molecule has 2 amide bonds. The van der Waals surface area contributed by atoms with E-state index in [1.807, 2.05) is 0 Å². The molecule has 2 saturated heterocycles. The summed E-state index contributed by atoms with van der Waals surface area (Å²) in [6.07, 6.45) is 9.06. The highest BCUT2D eigenvalue weighted by Crippen LogP contribution is 2.37. The Morgan fingerprint density at radius 3 is 2.39 bits per heavy atom. The molecule has 0 aromatic heterocycles. The lowest BCUT2D eigenvalue weighted by molar-refractivity contribution is -0.142. The molecule has 1 unspecified atom stereocenters. The molecule has 100 valence electrons. The SMILES string of the molecule is O=C1CCC(=O)N1C1CCNC2(CCCCC2)C1. The monoisotopic (exact) mass is 250 g/mol. The summed E-state index contributed by atoms with van der Waals surface area (Å²) in [6, 6.07) is 0.159. The summed E-state index contributed by atoms with van der Waals surface area (Å²) in [5.74, 6) is 0.107. The molecule has 1 spiro atoms. The third kappa shape index (κ3) is 2.07. The van der Waals surface area contributed by atoms with E-state index >= 15 is 0 Å². The van der Waals surface area contributed by atoms with Gasteiger partial charge >= 0.3 is 0 Å². The van der Waals surface area contributed by atoms with E-state index in [4.69, 9.17) is 0 Å². The number of likely N-dealkylation sites (tertiary alicyclic amines) is 1. The van der Waals surface area contributed by atoms with Crippen LogP contribution in [0.1, 0.15) is 57.8 Å². The van der Waals surface area contributed by atoms with Crippen LogP contribution in [0.25, 0.3) is 0 Å². The summed E-state index contributed by atoms with van der Waals surface area (Å²) in [4.78, 5) is 25.3. The maximum Gasteiger partial charge on any atom is 0.229 e. The van der Waals surface area contributed by atoms with Crippen molar-refractivity contribution in [1.82, 2.24) is 10.2 Å². The highest BCUT2D eigenvalue weighted by atomic mass is 16.2. The van der Waals surface area contributed by atoms with Crippen LogP contribution in [0.4, 0.5) is 0 Å². The Morgan fingerprint density at radius 2 is 1.72 bits per heavy atom. The molecule has 3 fully saturated rings. The average Bonchev–Trinajstić information content (AvgIpc) is 2.70. The number of carbonyl (C=O) groups is 2. The first-order valence-electron chi connectivity index (χ1n) is 7.30. The zero-order valence-electron chi connectivity index (χ0n) is 10.9. The van der Waals surface area contributed by atoms with E-state index in [2.05, 4.69) is 5.32 Å². The second kappa shape index (κ2) is 4.65. The third-order valence-electron chi connectivity index (χ3n) is 4.87. The van der Waals surface area contributed by atoms with E-state index < -0.39 is 0 Å². The van der Waals surface area contributed by atoms with Gasteiger partial charge in [0.2, 0.25) is 11.8 Å². The summed E-state index contributed by atoms with van der Waals surface area (Å²) in [7, 11) is 0. The Morgan fingerprint density at radius 1 is 1.06 bits per heavy atom. The molecule has 1 N–H and O–H groups in total. The van der Waals surface area contributed by atoms with Crippen molar-refractivity contribution in [3.8, 4) is 0 Å². The number of rotatable bonds is 1. The van der Waals surface area contributed by atoms with Crippen molar-refractivity contribution in [2.24, 2.45) is 0 Å². The Labute approximate surface area is 108 Å². The van der Waals surface area contributed by atoms with E-state index in [1.165, 1.54) is 32.1 Å². The van der Waals surface area contributed by atoms with Crippen molar-refractivity contribution in [3.63, 3.8) is 0 Å². The molecule has 4 nitrogen and oxygen atoms in total. The molecule has 18 heavy (non-hydrogen) atoms. The van der Waals surface area contributed by atoms with Gasteiger partial charge in [-0.15, -0.1) is 0 Å². The maximum atomic E-state index is 11.8. The molecule has 2 heterocycles. The van der Waals surface area contributed by atoms with Gasteiger partial charge < -0.3 is 5.32 Å². The van der Waals surface area contributed by atoms with Crippen LogP contribution in [0.3, 0.4) is 0 Å². The van der Waals surface area contributed by atoms with Crippen LogP contribution in [0, 0.1) is 0 Å². The van der Waals surface area contributed by atoms with Gasteiger partial charge in [-0.05, 0) is 32.2 Å². The van der Waals surface area contributed by atoms with Crippen LogP contribution < -0.4 is 5.32 Å². The zero-order valence-corrected chi connectivity index (χ0v) is 10.9. The quantitative estimate of drug-likeness (QED) is 0.719. The number of amides is 2. The van der Waals surface area contributed by atoms with E-state index in [-0.39, 0.29) is 23.4 Å². The van der Waals surface area contributed by atoms with Crippen molar-refractivity contribution in [1.29, 1.82) is 0 Å². The lowest BCUT2D eigenvalue weighted by Crippen LogP contribution is -2.57. The standard InChI is InChI=1S/C14H22N2O2/c17-12-4-5-13(18)16(12)11-6-9-15-14(10-11)7-2-1-3-8-14/h11,15H,1-10H2. The Bertz CT molecular complexity index is 339. The topological polar surface area (TPSA) is 49.4 Å². The first kappa shape index (κ1) is 12.2. The first-order chi connectivity index (χ1) is 8.70. The van der Waals surface area contributed by atoms with Gasteiger partial charge in [-0.3, -0.25) is 14.5 Å². The highest BCUT2D eigenvalue weighted by molar-refractivity contribution is 6.02. The number of piperidine rings is 1. The van der Waals surface area contributed by atoms with Gasteiger partial charge in [0.25, 0.3) is 0 Å². The zero-order chi connectivity index (χ0) is 12.6. The minimum atomic E-state index is 0.0536. The molecule has 0 aromatic rings. The average molecular weight is 250 g/mol. The molecule has 3 aliphatic rings.